The van der Waals surface area contributed by atoms with Crippen molar-refractivity contribution in [2.45, 2.75) is 45.6 Å². The van der Waals surface area contributed by atoms with Gasteiger partial charge in [-0.05, 0) is 77.2 Å². The van der Waals surface area contributed by atoms with Crippen LogP contribution in [0.25, 0.3) is 0 Å². The van der Waals surface area contributed by atoms with E-state index >= 15 is 0 Å². The van der Waals surface area contributed by atoms with Gasteiger partial charge in [0.25, 0.3) is 0 Å². The number of aryl methyl sites for hydroxylation is 1. The number of hydrogen-bond acceptors (Lipinski definition) is 5. The summed E-state index contributed by atoms with van der Waals surface area (Å²) in [6, 6.07) is 12.0. The van der Waals surface area contributed by atoms with Crippen molar-refractivity contribution in [2.75, 3.05) is 0 Å². The van der Waals surface area contributed by atoms with Gasteiger partial charge >= 0.3 is 12.1 Å². The monoisotopic (exact) mass is 491 g/mol. The van der Waals surface area contributed by atoms with Crippen molar-refractivity contribution >= 4 is 23.0 Å². The zero-order valence-corrected chi connectivity index (χ0v) is 19.4. The van der Waals surface area contributed by atoms with Crippen LogP contribution in [0.1, 0.15) is 41.2 Å². The molecule has 34 heavy (non-hydrogen) atoms. The smallest absolute Gasteiger partial charge is 0.416 e. The second kappa shape index (κ2) is 11.2. The maximum absolute atomic E-state index is 12.7. The van der Waals surface area contributed by atoms with E-state index in [0.29, 0.717) is 29.9 Å². The molecule has 0 aliphatic heterocycles. The molecule has 0 bridgehead atoms. The van der Waals surface area contributed by atoms with E-state index in [2.05, 4.69) is 5.16 Å². The maximum Gasteiger partial charge on any atom is 0.416 e. The van der Waals surface area contributed by atoms with E-state index in [1.165, 1.54) is 12.1 Å². The van der Waals surface area contributed by atoms with Crippen LogP contribution in [0.4, 0.5) is 13.2 Å². The third-order valence-corrected chi connectivity index (χ3v) is 5.79. The fourth-order valence-corrected chi connectivity index (χ4v) is 3.84. The summed E-state index contributed by atoms with van der Waals surface area (Å²) in [5.41, 5.74) is 3.03. The molecule has 1 heterocycles. The third-order valence-electron chi connectivity index (χ3n) is 5.06. The first-order chi connectivity index (χ1) is 16.2. The Labute approximate surface area is 199 Å². The molecule has 0 saturated heterocycles. The Kier molecular flexibility index (Phi) is 8.33. The average Bonchev–Trinajstić information content (AvgIpc) is 3.30. The first-order valence-corrected chi connectivity index (χ1v) is 11.5. The highest BCUT2D eigenvalue weighted by atomic mass is 32.1. The molecule has 0 spiro atoms. The summed E-state index contributed by atoms with van der Waals surface area (Å²) in [5, 5.41) is 17.5. The van der Waals surface area contributed by atoms with Gasteiger partial charge in [0, 0.05) is 12.0 Å². The van der Waals surface area contributed by atoms with Crippen LogP contribution in [0.2, 0.25) is 0 Å². The lowest BCUT2D eigenvalue weighted by molar-refractivity contribution is -0.145. The number of ether oxygens (including phenoxy) is 1. The fourth-order valence-electron chi connectivity index (χ4n) is 3.17. The Morgan fingerprint density at radius 1 is 1.12 bits per heavy atom. The van der Waals surface area contributed by atoms with Gasteiger partial charge in [-0.3, -0.25) is 0 Å². The topological polar surface area (TPSA) is 68.1 Å². The molecule has 1 unspecified atom stereocenters. The molecule has 0 saturated carbocycles. The summed E-state index contributed by atoms with van der Waals surface area (Å²) < 4.78 is 43.9. The first kappa shape index (κ1) is 25.3. The summed E-state index contributed by atoms with van der Waals surface area (Å²) in [7, 11) is 0. The van der Waals surface area contributed by atoms with Gasteiger partial charge < -0.3 is 14.7 Å². The van der Waals surface area contributed by atoms with Crippen molar-refractivity contribution in [2.24, 2.45) is 5.16 Å². The van der Waals surface area contributed by atoms with Crippen LogP contribution < -0.4 is 4.74 Å². The average molecular weight is 492 g/mol. The molecule has 1 aromatic heterocycles. The van der Waals surface area contributed by atoms with E-state index in [1.807, 2.05) is 29.8 Å². The molecule has 0 aliphatic carbocycles. The standard InChI is InChI=1S/C25H24F3NO4S/c1-3-22(24(30)31)33-23-9-6-19(12-16(23)2)21(13-18-10-11-34-15-18)29-32-14-17-4-7-20(8-5-17)25(26,27)28/h4-12,15,22H,3,13-14H2,1-2H3,(H,30,31). The Hall–Kier alpha value is -3.33. The number of thiophene rings is 1. The van der Waals surface area contributed by atoms with Gasteiger partial charge in [0.2, 0.25) is 0 Å². The van der Waals surface area contributed by atoms with Gasteiger partial charge in [-0.15, -0.1) is 0 Å². The number of carboxylic acids is 1. The molecular weight excluding hydrogens is 467 g/mol. The molecule has 5 nitrogen and oxygen atoms in total. The van der Waals surface area contributed by atoms with Crippen LogP contribution >= 0.6 is 11.3 Å². The number of oxime groups is 1. The van der Waals surface area contributed by atoms with Crippen LogP contribution in [-0.2, 0) is 28.8 Å². The number of carboxylic acid groups (broad SMARTS) is 1. The van der Waals surface area contributed by atoms with E-state index < -0.39 is 23.8 Å². The second-order valence-electron chi connectivity index (χ2n) is 7.65. The van der Waals surface area contributed by atoms with Gasteiger partial charge in [0.05, 0.1) is 11.3 Å². The lowest BCUT2D eigenvalue weighted by Gasteiger charge is -2.16. The van der Waals surface area contributed by atoms with Crippen molar-refractivity contribution < 1.29 is 32.6 Å². The number of alkyl halides is 3. The quantitative estimate of drug-likeness (QED) is 0.260. The molecule has 1 atom stereocenters. The Morgan fingerprint density at radius 2 is 1.85 bits per heavy atom. The second-order valence-corrected chi connectivity index (χ2v) is 8.43. The lowest BCUT2D eigenvalue weighted by Crippen LogP contribution is -2.26. The zero-order chi connectivity index (χ0) is 24.7. The van der Waals surface area contributed by atoms with Crippen molar-refractivity contribution in [3.05, 3.63) is 87.1 Å². The van der Waals surface area contributed by atoms with E-state index in [1.54, 1.807) is 30.4 Å². The van der Waals surface area contributed by atoms with Crippen LogP contribution in [-0.4, -0.2) is 22.9 Å². The molecule has 0 aliphatic rings. The number of rotatable bonds is 10. The predicted molar refractivity (Wildman–Crippen MR) is 124 cm³/mol. The molecule has 2 aromatic carbocycles. The summed E-state index contributed by atoms with van der Waals surface area (Å²) >= 11 is 1.56. The van der Waals surface area contributed by atoms with Crippen LogP contribution in [0.15, 0.2) is 64.4 Å². The molecule has 0 radical (unpaired) electrons. The summed E-state index contributed by atoms with van der Waals surface area (Å²) in [6.07, 6.45) is -4.50. The largest absolute Gasteiger partial charge is 0.479 e. The van der Waals surface area contributed by atoms with Gasteiger partial charge in [0.15, 0.2) is 6.10 Å². The van der Waals surface area contributed by atoms with Crippen molar-refractivity contribution in [1.82, 2.24) is 0 Å². The van der Waals surface area contributed by atoms with Gasteiger partial charge in [-0.2, -0.15) is 24.5 Å². The molecular formula is C25H24F3NO4S. The highest BCUT2D eigenvalue weighted by Crippen LogP contribution is 2.29. The van der Waals surface area contributed by atoms with Crippen LogP contribution in [0.5, 0.6) is 5.75 Å². The van der Waals surface area contributed by atoms with Gasteiger partial charge in [0.1, 0.15) is 12.4 Å². The zero-order valence-electron chi connectivity index (χ0n) is 18.6. The highest BCUT2D eigenvalue weighted by molar-refractivity contribution is 7.08. The highest BCUT2D eigenvalue weighted by Gasteiger charge is 2.29. The summed E-state index contributed by atoms with van der Waals surface area (Å²) in [4.78, 5) is 16.8. The van der Waals surface area contributed by atoms with Crippen molar-refractivity contribution in [1.29, 1.82) is 0 Å². The molecule has 0 amide bonds. The Balaban J connectivity index is 1.78. The number of benzene rings is 2. The van der Waals surface area contributed by atoms with Crippen molar-refractivity contribution in [3.8, 4) is 5.75 Å². The Morgan fingerprint density at radius 3 is 2.41 bits per heavy atom. The van der Waals surface area contributed by atoms with Gasteiger partial charge in [-0.1, -0.05) is 24.2 Å². The lowest BCUT2D eigenvalue weighted by atomic mass is 10.0. The minimum absolute atomic E-state index is 0.0161. The molecule has 1 N–H and O–H groups in total. The van der Waals surface area contributed by atoms with E-state index in [0.717, 1.165) is 28.8 Å². The predicted octanol–water partition coefficient (Wildman–Crippen LogP) is 6.48. The normalized spacial score (nSPS) is 12.9. The molecule has 9 heteroatoms. The minimum Gasteiger partial charge on any atom is -0.479 e. The SMILES string of the molecule is CCC(Oc1ccc(C(Cc2ccsc2)=NOCc2ccc(C(F)(F)F)cc2)cc1C)C(=O)O. The summed E-state index contributed by atoms with van der Waals surface area (Å²) in [6.45, 7) is 3.57. The molecule has 0 fully saturated rings. The molecule has 180 valence electrons. The number of halogens is 3. The first-order valence-electron chi connectivity index (χ1n) is 10.5. The fraction of sp³-hybridized carbons (Fsp3) is 0.280. The number of carbonyl (C=O) groups is 1. The number of nitrogens with zero attached hydrogens (tertiary/aromatic N) is 1. The van der Waals surface area contributed by atoms with E-state index in [4.69, 9.17) is 9.57 Å². The third kappa shape index (κ3) is 6.84. The minimum atomic E-state index is -4.39. The van der Waals surface area contributed by atoms with Crippen LogP contribution in [0.3, 0.4) is 0 Å². The molecule has 3 aromatic rings. The van der Waals surface area contributed by atoms with Crippen molar-refractivity contribution in [3.63, 3.8) is 0 Å². The number of hydrogen-bond donors (Lipinski definition) is 1. The maximum atomic E-state index is 12.7. The van der Waals surface area contributed by atoms with E-state index in [9.17, 15) is 23.1 Å². The van der Waals surface area contributed by atoms with Crippen LogP contribution in [0, 0.1) is 6.92 Å². The summed E-state index contributed by atoms with van der Waals surface area (Å²) in [5.74, 6) is -0.555. The Bertz CT molecular complexity index is 1130. The number of aliphatic carboxylic acids is 1. The van der Waals surface area contributed by atoms with Gasteiger partial charge in [-0.25, -0.2) is 4.79 Å². The van der Waals surface area contributed by atoms with E-state index in [-0.39, 0.29) is 6.61 Å². The molecule has 3 rings (SSSR count).